The lowest BCUT2D eigenvalue weighted by atomic mass is 10.3. The molecule has 1 N–H and O–H groups in total. The minimum absolute atomic E-state index is 0.0148. The van der Waals surface area contributed by atoms with Gasteiger partial charge < -0.3 is 4.98 Å². The summed E-state index contributed by atoms with van der Waals surface area (Å²) in [6, 6.07) is 0. The van der Waals surface area contributed by atoms with E-state index < -0.39 is 11.2 Å². The SMILES string of the molecule is O=c1[nH]c(CC#CI)c(Cl)c(=O)n1CC#CI. The van der Waals surface area contributed by atoms with Gasteiger partial charge in [-0.2, -0.15) is 0 Å². The van der Waals surface area contributed by atoms with Crippen LogP contribution in [-0.4, -0.2) is 9.55 Å². The van der Waals surface area contributed by atoms with Gasteiger partial charge in [0.15, 0.2) is 0 Å². The molecule has 0 aliphatic heterocycles. The molecule has 0 aliphatic rings. The molecule has 0 aromatic carbocycles. The zero-order chi connectivity index (χ0) is 12.8. The summed E-state index contributed by atoms with van der Waals surface area (Å²) in [7, 11) is 0. The van der Waals surface area contributed by atoms with E-state index in [4.69, 9.17) is 11.6 Å². The lowest BCUT2D eigenvalue weighted by Gasteiger charge is -2.03. The van der Waals surface area contributed by atoms with E-state index in [0.717, 1.165) is 4.57 Å². The molecule has 0 saturated heterocycles. The van der Waals surface area contributed by atoms with Gasteiger partial charge in [0.2, 0.25) is 0 Å². The van der Waals surface area contributed by atoms with Crippen molar-refractivity contribution in [2.45, 2.75) is 13.0 Å². The van der Waals surface area contributed by atoms with Crippen molar-refractivity contribution < 1.29 is 0 Å². The number of aromatic amines is 1. The molecule has 0 fully saturated rings. The molecule has 0 bridgehead atoms. The smallest absolute Gasteiger partial charge is 0.309 e. The van der Waals surface area contributed by atoms with Crippen molar-refractivity contribution in [2.75, 3.05) is 0 Å². The largest absolute Gasteiger partial charge is 0.329 e. The van der Waals surface area contributed by atoms with Crippen LogP contribution in [-0.2, 0) is 13.0 Å². The Morgan fingerprint density at radius 3 is 2.47 bits per heavy atom. The topological polar surface area (TPSA) is 54.9 Å². The van der Waals surface area contributed by atoms with E-state index >= 15 is 0 Å². The lowest BCUT2D eigenvalue weighted by molar-refractivity contribution is 0.717. The molecule has 0 atom stereocenters. The molecule has 1 heterocycles. The molecule has 1 aromatic rings. The normalized spacial score (nSPS) is 8.88. The van der Waals surface area contributed by atoms with Crippen LogP contribution < -0.4 is 11.2 Å². The summed E-state index contributed by atoms with van der Waals surface area (Å²) in [4.78, 5) is 25.9. The second kappa shape index (κ2) is 7.09. The van der Waals surface area contributed by atoms with E-state index in [0.29, 0.717) is 5.69 Å². The second-order valence-electron chi connectivity index (χ2n) is 2.83. The molecule has 0 aliphatic carbocycles. The Bertz CT molecular complexity index is 655. The predicted molar refractivity (Wildman–Crippen MR) is 83.6 cm³/mol. The standard InChI is InChI=1S/C10H5ClI2N2O2/c11-8-7(3-1-4-12)14-10(17)15(9(8)16)6-2-5-13/h3,6H2,(H,14,17). The van der Waals surface area contributed by atoms with Crippen LogP contribution in [0.5, 0.6) is 0 Å². The Kier molecular flexibility index (Phi) is 6.09. The zero-order valence-electron chi connectivity index (χ0n) is 8.31. The number of nitrogens with one attached hydrogen (secondary N) is 1. The van der Waals surface area contributed by atoms with Gasteiger partial charge in [0, 0.05) is 45.2 Å². The van der Waals surface area contributed by atoms with Crippen LogP contribution in [0, 0.1) is 19.7 Å². The fourth-order valence-corrected chi connectivity index (χ4v) is 1.66. The third-order valence-electron chi connectivity index (χ3n) is 1.84. The van der Waals surface area contributed by atoms with Gasteiger partial charge in [-0.05, 0) is 7.85 Å². The summed E-state index contributed by atoms with van der Waals surface area (Å²) in [6.45, 7) is 0.0229. The van der Waals surface area contributed by atoms with Crippen LogP contribution in [0.2, 0.25) is 5.02 Å². The maximum atomic E-state index is 11.8. The first-order valence-corrected chi connectivity index (χ1v) is 6.83. The summed E-state index contributed by atoms with van der Waals surface area (Å²) in [5.41, 5.74) is -0.729. The van der Waals surface area contributed by atoms with Crippen LogP contribution >= 0.6 is 56.8 Å². The molecule has 4 nitrogen and oxygen atoms in total. The van der Waals surface area contributed by atoms with Crippen molar-refractivity contribution in [3.63, 3.8) is 0 Å². The Labute approximate surface area is 129 Å². The highest BCUT2D eigenvalue weighted by atomic mass is 127. The fraction of sp³-hybridized carbons (Fsp3) is 0.200. The fourth-order valence-electron chi connectivity index (χ4n) is 1.09. The van der Waals surface area contributed by atoms with E-state index in [1.165, 1.54) is 0 Å². The minimum atomic E-state index is -0.542. The highest BCUT2D eigenvalue weighted by Crippen LogP contribution is 2.05. The summed E-state index contributed by atoms with van der Waals surface area (Å²) in [5, 5.41) is -0.0148. The molecular weight excluding hydrogens is 469 g/mol. The van der Waals surface area contributed by atoms with Gasteiger partial charge in [-0.25, -0.2) is 9.36 Å². The van der Waals surface area contributed by atoms with Crippen molar-refractivity contribution in [2.24, 2.45) is 0 Å². The maximum absolute atomic E-state index is 11.8. The summed E-state index contributed by atoms with van der Waals surface area (Å²) >= 11 is 9.56. The van der Waals surface area contributed by atoms with Gasteiger partial charge in [-0.15, -0.1) is 0 Å². The van der Waals surface area contributed by atoms with Gasteiger partial charge in [0.1, 0.15) is 5.02 Å². The van der Waals surface area contributed by atoms with Gasteiger partial charge in [-0.3, -0.25) is 4.79 Å². The molecule has 0 radical (unpaired) electrons. The molecular formula is C10H5ClI2N2O2. The van der Waals surface area contributed by atoms with Crippen LogP contribution in [0.15, 0.2) is 9.59 Å². The monoisotopic (exact) mass is 474 g/mol. The molecule has 0 unspecified atom stereocenters. The molecule has 0 amide bonds. The van der Waals surface area contributed by atoms with Gasteiger partial charge in [0.25, 0.3) is 5.56 Å². The number of rotatable bonds is 2. The highest BCUT2D eigenvalue weighted by molar-refractivity contribution is 14.1. The van der Waals surface area contributed by atoms with E-state index in [1.807, 2.05) is 45.2 Å². The Morgan fingerprint density at radius 1 is 1.24 bits per heavy atom. The van der Waals surface area contributed by atoms with E-state index in [9.17, 15) is 9.59 Å². The number of H-pyrrole nitrogens is 1. The Hall–Kier alpha value is -0.450. The lowest BCUT2D eigenvalue weighted by Crippen LogP contribution is -2.36. The van der Waals surface area contributed by atoms with Crippen molar-refractivity contribution in [3.05, 3.63) is 31.6 Å². The molecule has 0 saturated carbocycles. The zero-order valence-corrected chi connectivity index (χ0v) is 13.4. The van der Waals surface area contributed by atoms with Crippen LogP contribution in [0.25, 0.3) is 0 Å². The molecule has 88 valence electrons. The number of halogens is 3. The molecule has 1 rings (SSSR count). The second-order valence-corrected chi connectivity index (χ2v) is 4.29. The molecule has 1 aromatic heterocycles. The van der Waals surface area contributed by atoms with E-state index in [-0.39, 0.29) is 18.0 Å². The van der Waals surface area contributed by atoms with Gasteiger partial charge in [0.05, 0.1) is 18.7 Å². The minimum Gasteiger partial charge on any atom is -0.309 e. The predicted octanol–water partition coefficient (Wildman–Crippen LogP) is 1.52. The average molecular weight is 474 g/mol. The van der Waals surface area contributed by atoms with Crippen molar-refractivity contribution >= 4 is 56.8 Å². The Morgan fingerprint density at radius 2 is 1.88 bits per heavy atom. The highest BCUT2D eigenvalue weighted by Gasteiger charge is 2.10. The first-order valence-electron chi connectivity index (χ1n) is 4.30. The first-order chi connectivity index (χ1) is 8.11. The molecule has 0 spiro atoms. The van der Waals surface area contributed by atoms with Crippen LogP contribution in [0.3, 0.4) is 0 Å². The summed E-state index contributed by atoms with van der Waals surface area (Å²) in [5.74, 6) is 5.36. The summed E-state index contributed by atoms with van der Waals surface area (Å²) < 4.78 is 6.17. The van der Waals surface area contributed by atoms with Crippen molar-refractivity contribution in [1.82, 2.24) is 9.55 Å². The van der Waals surface area contributed by atoms with E-state index in [1.54, 1.807) is 0 Å². The number of aromatic nitrogens is 2. The third kappa shape index (κ3) is 3.76. The van der Waals surface area contributed by atoms with Gasteiger partial charge >= 0.3 is 5.69 Å². The van der Waals surface area contributed by atoms with Crippen LogP contribution in [0.4, 0.5) is 0 Å². The van der Waals surface area contributed by atoms with E-state index in [2.05, 4.69) is 24.7 Å². The molecule has 17 heavy (non-hydrogen) atoms. The quantitative estimate of drug-likeness (QED) is 0.522. The van der Waals surface area contributed by atoms with Crippen molar-refractivity contribution in [3.8, 4) is 19.7 Å². The number of hydrogen-bond acceptors (Lipinski definition) is 2. The number of hydrogen-bond donors (Lipinski definition) is 1. The van der Waals surface area contributed by atoms with Gasteiger partial charge in [-0.1, -0.05) is 23.4 Å². The third-order valence-corrected chi connectivity index (χ3v) is 2.99. The number of nitrogens with zero attached hydrogens (tertiary/aromatic N) is 1. The first kappa shape index (κ1) is 14.6. The maximum Gasteiger partial charge on any atom is 0.329 e. The Balaban J connectivity index is 3.33. The molecule has 7 heteroatoms. The van der Waals surface area contributed by atoms with Crippen LogP contribution in [0.1, 0.15) is 5.69 Å². The summed E-state index contributed by atoms with van der Waals surface area (Å²) in [6.07, 6.45) is 0.241. The average Bonchev–Trinajstić information content (AvgIpc) is 2.32. The van der Waals surface area contributed by atoms with Crippen molar-refractivity contribution in [1.29, 1.82) is 0 Å².